The first-order chi connectivity index (χ1) is 6.90. The summed E-state index contributed by atoms with van der Waals surface area (Å²) in [7, 11) is 1.38. The molecule has 2 rings (SSSR count). The molecule has 2 N–H and O–H groups in total. The van der Waals surface area contributed by atoms with Gasteiger partial charge >= 0.3 is 0 Å². The molecule has 1 aliphatic carbocycles. The van der Waals surface area contributed by atoms with Crippen LogP contribution >= 0.6 is 15.9 Å². The summed E-state index contributed by atoms with van der Waals surface area (Å²) in [4.78, 5) is 3.89. The zero-order valence-electron chi connectivity index (χ0n) is 7.93. The van der Waals surface area contributed by atoms with Crippen molar-refractivity contribution < 1.29 is 13.5 Å². The molecule has 0 radical (unpaired) electrons. The second kappa shape index (κ2) is 3.12. The van der Waals surface area contributed by atoms with Crippen LogP contribution in [0.3, 0.4) is 0 Å². The average molecular weight is 279 g/mol. The van der Waals surface area contributed by atoms with Gasteiger partial charge in [0, 0.05) is 22.7 Å². The third-order valence-corrected chi connectivity index (χ3v) is 2.95. The minimum atomic E-state index is -2.87. The lowest BCUT2D eigenvalue weighted by Gasteiger charge is -2.14. The number of methoxy groups -OCH3 is 1. The number of nitrogens with zero attached hydrogens (tertiary/aromatic N) is 1. The Labute approximate surface area is 93.8 Å². The monoisotopic (exact) mass is 278 g/mol. The number of halogens is 3. The van der Waals surface area contributed by atoms with Crippen molar-refractivity contribution in [1.82, 2.24) is 4.98 Å². The van der Waals surface area contributed by atoms with Crippen molar-refractivity contribution in [3.8, 4) is 5.88 Å². The molecule has 6 heteroatoms. The van der Waals surface area contributed by atoms with Crippen LogP contribution in [0.25, 0.3) is 0 Å². The predicted octanol–water partition coefficient (Wildman–Crippen LogP) is 2.05. The third kappa shape index (κ3) is 1.52. The number of hydrogen-bond acceptors (Lipinski definition) is 3. The van der Waals surface area contributed by atoms with Crippen LogP contribution < -0.4 is 10.5 Å². The number of rotatable bonds is 2. The average Bonchev–Trinajstić information content (AvgIpc) is 2.67. The number of alkyl halides is 2. The Morgan fingerprint density at radius 1 is 1.60 bits per heavy atom. The maximum Gasteiger partial charge on any atom is 0.272 e. The van der Waals surface area contributed by atoms with E-state index in [1.807, 2.05) is 0 Å². The maximum absolute atomic E-state index is 13.1. The molecule has 1 heterocycles. The molecule has 0 amide bonds. The van der Waals surface area contributed by atoms with Gasteiger partial charge in [-0.3, -0.25) is 0 Å². The SMILES string of the molecule is COc1ncc(Br)cc1C1(N)CC1(F)F. The molecule has 0 bridgehead atoms. The van der Waals surface area contributed by atoms with Gasteiger partial charge in [0.05, 0.1) is 7.11 Å². The second-order valence-electron chi connectivity index (χ2n) is 3.56. The Morgan fingerprint density at radius 2 is 2.20 bits per heavy atom. The summed E-state index contributed by atoms with van der Waals surface area (Å²) in [6.07, 6.45) is 1.11. The highest BCUT2D eigenvalue weighted by Gasteiger charge is 2.71. The van der Waals surface area contributed by atoms with Crippen molar-refractivity contribution in [2.45, 2.75) is 17.9 Å². The summed E-state index contributed by atoms with van der Waals surface area (Å²) < 4.78 is 31.7. The summed E-state index contributed by atoms with van der Waals surface area (Å²) in [6, 6.07) is 1.52. The molecule has 1 unspecified atom stereocenters. The molecule has 0 aromatic carbocycles. The summed E-state index contributed by atoms with van der Waals surface area (Å²) in [5.74, 6) is -2.72. The van der Waals surface area contributed by atoms with Crippen molar-refractivity contribution in [3.05, 3.63) is 22.3 Å². The fourth-order valence-electron chi connectivity index (χ4n) is 1.51. The fourth-order valence-corrected chi connectivity index (χ4v) is 1.84. The maximum atomic E-state index is 13.1. The lowest BCUT2D eigenvalue weighted by molar-refractivity contribution is 0.0882. The van der Waals surface area contributed by atoms with Crippen LogP contribution in [0.5, 0.6) is 5.88 Å². The van der Waals surface area contributed by atoms with E-state index < -0.39 is 11.5 Å². The van der Waals surface area contributed by atoms with E-state index in [2.05, 4.69) is 20.9 Å². The van der Waals surface area contributed by atoms with E-state index in [9.17, 15) is 8.78 Å². The first-order valence-electron chi connectivity index (χ1n) is 4.27. The van der Waals surface area contributed by atoms with Crippen molar-refractivity contribution in [3.63, 3.8) is 0 Å². The van der Waals surface area contributed by atoms with E-state index in [0.29, 0.717) is 4.47 Å². The Hall–Kier alpha value is -0.750. The predicted molar refractivity (Wildman–Crippen MR) is 53.9 cm³/mol. The van der Waals surface area contributed by atoms with E-state index >= 15 is 0 Å². The van der Waals surface area contributed by atoms with E-state index in [0.717, 1.165) is 0 Å². The molecular formula is C9H9BrF2N2O. The van der Waals surface area contributed by atoms with Crippen LogP contribution in [0.1, 0.15) is 12.0 Å². The molecular weight excluding hydrogens is 270 g/mol. The first-order valence-corrected chi connectivity index (χ1v) is 5.07. The number of pyridine rings is 1. The number of hydrogen-bond donors (Lipinski definition) is 1. The number of aromatic nitrogens is 1. The number of nitrogens with two attached hydrogens (primary N) is 1. The van der Waals surface area contributed by atoms with E-state index in [-0.39, 0.29) is 17.9 Å². The van der Waals surface area contributed by atoms with Crippen molar-refractivity contribution in [1.29, 1.82) is 0 Å². The lowest BCUT2D eigenvalue weighted by Crippen LogP contribution is -2.28. The smallest absolute Gasteiger partial charge is 0.272 e. The van der Waals surface area contributed by atoms with Crippen LogP contribution in [0.2, 0.25) is 0 Å². The molecule has 1 aromatic rings. The third-order valence-electron chi connectivity index (χ3n) is 2.52. The van der Waals surface area contributed by atoms with Gasteiger partial charge in [0.25, 0.3) is 5.92 Å². The summed E-state index contributed by atoms with van der Waals surface area (Å²) in [5, 5.41) is 0. The highest BCUT2D eigenvalue weighted by Crippen LogP contribution is 2.59. The van der Waals surface area contributed by atoms with E-state index in [4.69, 9.17) is 10.5 Å². The zero-order valence-corrected chi connectivity index (χ0v) is 9.51. The summed E-state index contributed by atoms with van der Waals surface area (Å²) in [6.45, 7) is 0. The number of ether oxygens (including phenoxy) is 1. The van der Waals surface area contributed by atoms with E-state index in [1.165, 1.54) is 19.4 Å². The van der Waals surface area contributed by atoms with E-state index in [1.54, 1.807) is 0 Å². The van der Waals surface area contributed by atoms with Crippen molar-refractivity contribution >= 4 is 15.9 Å². The van der Waals surface area contributed by atoms with Crippen LogP contribution in [0.4, 0.5) is 8.78 Å². The Bertz CT molecular complexity index is 413. The van der Waals surface area contributed by atoms with Gasteiger partial charge in [-0.15, -0.1) is 0 Å². The minimum Gasteiger partial charge on any atom is -0.481 e. The standard InChI is InChI=1S/C9H9BrF2N2O/c1-15-7-6(2-5(10)3-14-7)8(13)4-9(8,11)12/h2-3H,4,13H2,1H3. The summed E-state index contributed by atoms with van der Waals surface area (Å²) in [5.41, 5.74) is 4.21. The second-order valence-corrected chi connectivity index (χ2v) is 4.48. The van der Waals surface area contributed by atoms with Gasteiger partial charge in [-0.1, -0.05) is 0 Å². The molecule has 3 nitrogen and oxygen atoms in total. The molecule has 0 aliphatic heterocycles. The highest BCUT2D eigenvalue weighted by atomic mass is 79.9. The quantitative estimate of drug-likeness (QED) is 0.901. The molecule has 82 valence electrons. The highest BCUT2D eigenvalue weighted by molar-refractivity contribution is 9.10. The zero-order chi connectivity index (χ0) is 11.3. The Balaban J connectivity index is 2.48. The minimum absolute atomic E-state index is 0.151. The van der Waals surface area contributed by atoms with Gasteiger partial charge in [-0.25, -0.2) is 13.8 Å². The van der Waals surface area contributed by atoms with Gasteiger partial charge in [0.15, 0.2) is 0 Å². The molecule has 15 heavy (non-hydrogen) atoms. The first kappa shape index (κ1) is 10.8. The van der Waals surface area contributed by atoms with Gasteiger partial charge in [-0.05, 0) is 22.0 Å². The van der Waals surface area contributed by atoms with Crippen LogP contribution in [0, 0.1) is 0 Å². The molecule has 0 saturated heterocycles. The van der Waals surface area contributed by atoms with Gasteiger partial charge in [-0.2, -0.15) is 0 Å². The molecule has 0 spiro atoms. The Kier molecular flexibility index (Phi) is 2.24. The van der Waals surface area contributed by atoms with Crippen molar-refractivity contribution in [2.75, 3.05) is 7.11 Å². The van der Waals surface area contributed by atoms with Gasteiger partial charge < -0.3 is 10.5 Å². The van der Waals surface area contributed by atoms with Crippen LogP contribution in [-0.4, -0.2) is 18.0 Å². The van der Waals surface area contributed by atoms with Gasteiger partial charge in [0.2, 0.25) is 5.88 Å². The fraction of sp³-hybridized carbons (Fsp3) is 0.444. The normalized spacial score (nSPS) is 27.5. The van der Waals surface area contributed by atoms with Crippen LogP contribution in [0.15, 0.2) is 16.7 Å². The summed E-state index contributed by atoms with van der Waals surface area (Å²) >= 11 is 3.16. The van der Waals surface area contributed by atoms with Gasteiger partial charge in [0.1, 0.15) is 5.54 Å². The van der Waals surface area contributed by atoms with Crippen molar-refractivity contribution in [2.24, 2.45) is 5.73 Å². The van der Waals surface area contributed by atoms with Crippen LogP contribution in [-0.2, 0) is 5.54 Å². The topological polar surface area (TPSA) is 48.1 Å². The molecule has 1 atom stereocenters. The molecule has 1 saturated carbocycles. The molecule has 1 aromatic heterocycles. The molecule has 1 fully saturated rings. The molecule has 1 aliphatic rings. The lowest BCUT2D eigenvalue weighted by atomic mass is 10.1. The largest absolute Gasteiger partial charge is 0.481 e. The Morgan fingerprint density at radius 3 is 2.67 bits per heavy atom.